The molecule has 3 heterocycles. The average molecular weight is 406 g/mol. The minimum absolute atomic E-state index is 0.0104. The van der Waals surface area contributed by atoms with E-state index in [0.29, 0.717) is 28.6 Å². The number of amides is 1. The van der Waals surface area contributed by atoms with Gasteiger partial charge in [0.2, 0.25) is 5.91 Å². The number of carbonyl (C=O) groups excluding carboxylic acids is 2. The number of ether oxygens (including phenoxy) is 2. The summed E-state index contributed by atoms with van der Waals surface area (Å²) in [4.78, 5) is 25.1. The monoisotopic (exact) mass is 406 g/mol. The number of nitrogens with zero attached hydrogens (tertiary/aromatic N) is 2. The minimum Gasteiger partial charge on any atom is -0.491 e. The fourth-order valence-electron chi connectivity index (χ4n) is 4.74. The highest BCUT2D eigenvalue weighted by Crippen LogP contribution is 2.53. The number of hydrogen-bond acceptors (Lipinski definition) is 6. The first-order chi connectivity index (χ1) is 14.6. The van der Waals surface area contributed by atoms with Gasteiger partial charge in [-0.25, -0.2) is 0 Å². The van der Waals surface area contributed by atoms with E-state index in [9.17, 15) is 14.8 Å². The number of benzene rings is 2. The minimum atomic E-state index is -0.848. The number of anilines is 1. The zero-order valence-electron chi connectivity index (χ0n) is 16.7. The van der Waals surface area contributed by atoms with Crippen LogP contribution in [0, 0.1) is 0 Å². The summed E-state index contributed by atoms with van der Waals surface area (Å²) >= 11 is 0. The standard InChI is InChI=1S/C18H14N2O4.C5H8O/c1-20-14-5-3-2-4-11(14)18(17(20)21)9-24-16-7-15-10(6-12(16)18)13(19-22)8-23-15;6-5-3-1-2-4-5/h2-7,22H,8-9H2,1H3;1-4H2/b19-13+;. The third-order valence-electron chi connectivity index (χ3n) is 6.34. The first-order valence-electron chi connectivity index (χ1n) is 10.1. The molecule has 2 aromatic carbocycles. The number of rotatable bonds is 0. The van der Waals surface area contributed by atoms with Crippen molar-refractivity contribution in [3.05, 3.63) is 53.1 Å². The predicted molar refractivity (Wildman–Crippen MR) is 110 cm³/mol. The number of carbonyl (C=O) groups is 2. The van der Waals surface area contributed by atoms with E-state index >= 15 is 0 Å². The van der Waals surface area contributed by atoms with Crippen molar-refractivity contribution in [3.63, 3.8) is 0 Å². The third kappa shape index (κ3) is 2.54. The van der Waals surface area contributed by atoms with Crippen LogP contribution >= 0.6 is 0 Å². The molecule has 2 aromatic rings. The molecule has 4 aliphatic rings. The second-order valence-corrected chi connectivity index (χ2v) is 8.00. The number of oxime groups is 1. The maximum absolute atomic E-state index is 13.1. The highest BCUT2D eigenvalue weighted by molar-refractivity contribution is 6.12. The highest BCUT2D eigenvalue weighted by atomic mass is 16.5. The van der Waals surface area contributed by atoms with Gasteiger partial charge in [-0.15, -0.1) is 0 Å². The fraction of sp³-hybridized carbons (Fsp3) is 0.348. The summed E-state index contributed by atoms with van der Waals surface area (Å²) in [6.07, 6.45) is 3.97. The molecule has 0 saturated heterocycles. The Labute approximate surface area is 173 Å². The van der Waals surface area contributed by atoms with Crippen molar-refractivity contribution in [2.24, 2.45) is 5.16 Å². The SMILES string of the molecule is CN1C(=O)C2(COc3cc4c(cc32)/C(=N/O)CO4)c2ccccc21.O=C1CCCC1. The molecular formula is C23H22N2O5. The quantitative estimate of drug-likeness (QED) is 0.537. The van der Waals surface area contributed by atoms with Crippen molar-refractivity contribution in [3.8, 4) is 11.5 Å². The zero-order chi connectivity index (χ0) is 20.9. The van der Waals surface area contributed by atoms with E-state index in [2.05, 4.69) is 5.16 Å². The highest BCUT2D eigenvalue weighted by Gasteiger charge is 2.56. The summed E-state index contributed by atoms with van der Waals surface area (Å²) in [7, 11) is 1.78. The molecular weight excluding hydrogens is 384 g/mol. The van der Waals surface area contributed by atoms with Crippen molar-refractivity contribution in [2.75, 3.05) is 25.2 Å². The number of hydrogen-bond donors (Lipinski definition) is 1. The second kappa shape index (κ2) is 6.86. The van der Waals surface area contributed by atoms with Crippen LogP contribution < -0.4 is 14.4 Å². The van der Waals surface area contributed by atoms with Gasteiger partial charge in [0.25, 0.3) is 0 Å². The molecule has 1 fully saturated rings. The van der Waals surface area contributed by atoms with Crippen LogP contribution in [-0.2, 0) is 15.0 Å². The Kier molecular flexibility index (Phi) is 4.27. The topological polar surface area (TPSA) is 88.4 Å². The molecule has 1 amide bonds. The molecule has 0 radical (unpaired) electrons. The van der Waals surface area contributed by atoms with Crippen molar-refractivity contribution in [1.29, 1.82) is 0 Å². The molecule has 1 spiro atoms. The largest absolute Gasteiger partial charge is 0.491 e. The Bertz CT molecular complexity index is 1080. The van der Waals surface area contributed by atoms with E-state index in [1.807, 2.05) is 30.3 Å². The normalized spacial score (nSPS) is 24.3. The molecule has 1 saturated carbocycles. The first-order valence-corrected chi connectivity index (χ1v) is 10.1. The van der Waals surface area contributed by atoms with Gasteiger partial charge in [-0.1, -0.05) is 23.4 Å². The van der Waals surface area contributed by atoms with Crippen LogP contribution in [0.2, 0.25) is 0 Å². The molecule has 1 atom stereocenters. The number of ketones is 1. The van der Waals surface area contributed by atoms with Gasteiger partial charge in [0.05, 0.1) is 0 Å². The maximum atomic E-state index is 13.1. The Morgan fingerprint density at radius 2 is 1.80 bits per heavy atom. The van der Waals surface area contributed by atoms with Gasteiger partial charge in [0.1, 0.15) is 41.6 Å². The van der Waals surface area contributed by atoms with Crippen molar-refractivity contribution in [1.82, 2.24) is 0 Å². The summed E-state index contributed by atoms with van der Waals surface area (Å²) in [6, 6.07) is 11.4. The van der Waals surface area contributed by atoms with Gasteiger partial charge in [-0.3, -0.25) is 9.59 Å². The van der Waals surface area contributed by atoms with Crippen molar-refractivity contribution < 1.29 is 24.3 Å². The van der Waals surface area contributed by atoms with Crippen LogP contribution in [0.1, 0.15) is 42.4 Å². The molecule has 1 aliphatic carbocycles. The number of fused-ring (bicyclic) bond motifs is 5. The Morgan fingerprint density at radius 1 is 1.03 bits per heavy atom. The van der Waals surface area contributed by atoms with Crippen molar-refractivity contribution >= 4 is 23.1 Å². The Morgan fingerprint density at radius 3 is 2.50 bits per heavy atom. The molecule has 7 nitrogen and oxygen atoms in total. The zero-order valence-corrected chi connectivity index (χ0v) is 16.7. The van der Waals surface area contributed by atoms with E-state index in [0.717, 1.165) is 42.5 Å². The molecule has 0 bridgehead atoms. The molecule has 1 unspecified atom stereocenters. The first kappa shape index (κ1) is 18.7. The third-order valence-corrected chi connectivity index (χ3v) is 6.34. The van der Waals surface area contributed by atoms with E-state index in [-0.39, 0.29) is 19.1 Å². The summed E-state index contributed by atoms with van der Waals surface area (Å²) in [5, 5.41) is 12.5. The van der Waals surface area contributed by atoms with Crippen LogP contribution in [-0.4, -0.2) is 42.9 Å². The van der Waals surface area contributed by atoms with Crippen LogP contribution in [0.4, 0.5) is 5.69 Å². The molecule has 1 N–H and O–H groups in total. The van der Waals surface area contributed by atoms with Crippen LogP contribution in [0.3, 0.4) is 0 Å². The lowest BCUT2D eigenvalue weighted by molar-refractivity contribution is -0.121. The van der Waals surface area contributed by atoms with Gasteiger partial charge in [-0.05, 0) is 30.5 Å². The van der Waals surface area contributed by atoms with Crippen LogP contribution in [0.15, 0.2) is 41.6 Å². The van der Waals surface area contributed by atoms with Crippen LogP contribution in [0.5, 0.6) is 11.5 Å². The summed E-state index contributed by atoms with van der Waals surface area (Å²) in [5.74, 6) is 1.70. The smallest absolute Gasteiger partial charge is 0.245 e. The van der Waals surface area contributed by atoms with Crippen molar-refractivity contribution in [2.45, 2.75) is 31.1 Å². The second-order valence-electron chi connectivity index (χ2n) is 8.00. The molecule has 154 valence electrons. The van der Waals surface area contributed by atoms with Gasteiger partial charge in [-0.2, -0.15) is 0 Å². The van der Waals surface area contributed by atoms with Gasteiger partial charge in [0.15, 0.2) is 0 Å². The molecule has 6 rings (SSSR count). The van der Waals surface area contributed by atoms with Crippen LogP contribution in [0.25, 0.3) is 0 Å². The fourth-order valence-corrected chi connectivity index (χ4v) is 4.74. The van der Waals surface area contributed by atoms with Gasteiger partial charge in [0, 0.05) is 42.8 Å². The molecule has 3 aliphatic heterocycles. The average Bonchev–Trinajstić information content (AvgIpc) is 3.53. The summed E-state index contributed by atoms with van der Waals surface area (Å²) < 4.78 is 11.4. The summed E-state index contributed by atoms with van der Waals surface area (Å²) in [5.41, 5.74) is 2.96. The van der Waals surface area contributed by atoms with Gasteiger partial charge < -0.3 is 19.6 Å². The van der Waals surface area contributed by atoms with Gasteiger partial charge >= 0.3 is 0 Å². The molecule has 30 heavy (non-hydrogen) atoms. The Hall–Kier alpha value is -3.35. The molecule has 7 heteroatoms. The lowest BCUT2D eigenvalue weighted by Crippen LogP contribution is -2.41. The molecule has 0 aromatic heterocycles. The lowest BCUT2D eigenvalue weighted by Gasteiger charge is -2.21. The maximum Gasteiger partial charge on any atom is 0.245 e. The van der Waals surface area contributed by atoms with E-state index in [4.69, 9.17) is 9.47 Å². The number of Topliss-reactive ketones (excluding diaryl/α,β-unsaturated/α-hetero) is 1. The van der Waals surface area contributed by atoms with E-state index in [1.54, 1.807) is 18.0 Å². The number of para-hydroxylation sites is 1. The lowest BCUT2D eigenvalue weighted by atomic mass is 9.76. The van der Waals surface area contributed by atoms with E-state index in [1.165, 1.54) is 0 Å². The number of likely N-dealkylation sites (N-methyl/N-ethyl adjacent to an activating group) is 1. The Balaban J connectivity index is 0.000000279. The van der Waals surface area contributed by atoms with E-state index < -0.39 is 5.41 Å². The summed E-state index contributed by atoms with van der Waals surface area (Å²) in [6.45, 7) is 0.475. The predicted octanol–water partition coefficient (Wildman–Crippen LogP) is 3.04.